The highest BCUT2D eigenvalue weighted by Gasteiger charge is 2.11. The quantitative estimate of drug-likeness (QED) is 0.577. The first-order valence-electron chi connectivity index (χ1n) is 5.39. The highest BCUT2D eigenvalue weighted by molar-refractivity contribution is 5.89. The summed E-state index contributed by atoms with van der Waals surface area (Å²) in [5, 5.41) is 0. The second kappa shape index (κ2) is 6.72. The van der Waals surface area contributed by atoms with Gasteiger partial charge in [0.1, 0.15) is 6.10 Å². The van der Waals surface area contributed by atoms with E-state index in [0.717, 1.165) is 5.56 Å². The Labute approximate surface area is 102 Å². The average Bonchev–Trinajstić information content (AvgIpc) is 2.30. The second-order valence-corrected chi connectivity index (χ2v) is 3.76. The maximum Gasteiger partial charge on any atom is 0.338 e. The Morgan fingerprint density at radius 3 is 2.94 bits per heavy atom. The molecule has 0 fully saturated rings. The van der Waals surface area contributed by atoms with Crippen molar-refractivity contribution in [2.75, 3.05) is 7.11 Å². The molecular weight excluding hydrogens is 216 g/mol. The van der Waals surface area contributed by atoms with E-state index in [2.05, 4.69) is 5.92 Å². The summed E-state index contributed by atoms with van der Waals surface area (Å²) in [5.74, 6) is 2.10. The number of hydrogen-bond acceptors (Lipinski definition) is 3. The number of esters is 1. The van der Waals surface area contributed by atoms with E-state index in [0.29, 0.717) is 18.6 Å². The van der Waals surface area contributed by atoms with Gasteiger partial charge in [-0.05, 0) is 24.6 Å². The normalized spacial score (nSPS) is 11.6. The first kappa shape index (κ1) is 13.3. The van der Waals surface area contributed by atoms with E-state index in [1.54, 1.807) is 32.2 Å². The predicted octanol–water partition coefficient (Wildman–Crippen LogP) is 2.40. The van der Waals surface area contributed by atoms with Crippen molar-refractivity contribution in [3.63, 3.8) is 0 Å². The topological polar surface area (TPSA) is 35.5 Å². The van der Waals surface area contributed by atoms with E-state index in [1.807, 2.05) is 6.07 Å². The number of carbonyl (C=O) groups is 1. The van der Waals surface area contributed by atoms with Crippen LogP contribution in [-0.2, 0) is 16.1 Å². The molecular formula is C14H16O3. The van der Waals surface area contributed by atoms with Gasteiger partial charge < -0.3 is 9.47 Å². The summed E-state index contributed by atoms with van der Waals surface area (Å²) < 4.78 is 10.2. The Kier molecular flexibility index (Phi) is 5.25. The van der Waals surface area contributed by atoms with E-state index in [4.69, 9.17) is 15.9 Å². The van der Waals surface area contributed by atoms with E-state index in [9.17, 15) is 4.79 Å². The van der Waals surface area contributed by atoms with E-state index in [1.165, 1.54) is 0 Å². The highest BCUT2D eigenvalue weighted by Crippen LogP contribution is 2.09. The van der Waals surface area contributed by atoms with E-state index >= 15 is 0 Å². The Morgan fingerprint density at radius 2 is 2.29 bits per heavy atom. The number of hydrogen-bond donors (Lipinski definition) is 0. The highest BCUT2D eigenvalue weighted by atomic mass is 16.5. The molecule has 1 unspecified atom stereocenters. The zero-order valence-electron chi connectivity index (χ0n) is 10.1. The van der Waals surface area contributed by atoms with Gasteiger partial charge in [-0.2, -0.15) is 0 Å². The van der Waals surface area contributed by atoms with Gasteiger partial charge in [0, 0.05) is 13.5 Å². The summed E-state index contributed by atoms with van der Waals surface area (Å²) in [6.45, 7) is 2.25. The Bertz CT molecular complexity index is 418. The molecule has 1 aromatic rings. The Balaban J connectivity index is 2.69. The number of methoxy groups -OCH3 is 1. The third-order valence-corrected chi connectivity index (χ3v) is 2.19. The van der Waals surface area contributed by atoms with Crippen LogP contribution in [0.5, 0.6) is 0 Å². The standard InChI is InChI=1S/C14H16O3/c1-4-6-11(2)17-14(15)13-8-5-7-12(9-13)10-16-3/h1,5,7-9,11H,6,10H2,2-3H3. The first-order valence-corrected chi connectivity index (χ1v) is 5.39. The minimum Gasteiger partial charge on any atom is -0.458 e. The minimum absolute atomic E-state index is 0.265. The molecule has 0 saturated carbocycles. The fraction of sp³-hybridized carbons (Fsp3) is 0.357. The summed E-state index contributed by atoms with van der Waals surface area (Å²) in [5.41, 5.74) is 1.45. The van der Waals surface area contributed by atoms with Crippen molar-refractivity contribution in [3.8, 4) is 12.3 Å². The summed E-state index contributed by atoms with van der Waals surface area (Å²) in [7, 11) is 1.61. The molecule has 0 aliphatic heterocycles. The predicted molar refractivity (Wildman–Crippen MR) is 65.5 cm³/mol. The van der Waals surface area contributed by atoms with Gasteiger partial charge in [-0.1, -0.05) is 12.1 Å². The van der Waals surface area contributed by atoms with Crippen molar-refractivity contribution in [3.05, 3.63) is 35.4 Å². The molecule has 0 aliphatic carbocycles. The second-order valence-electron chi connectivity index (χ2n) is 3.76. The number of ether oxygens (including phenoxy) is 2. The van der Waals surface area contributed by atoms with Gasteiger partial charge in [-0.25, -0.2) is 4.79 Å². The van der Waals surface area contributed by atoms with Crippen molar-refractivity contribution in [1.29, 1.82) is 0 Å². The van der Waals surface area contributed by atoms with Crippen LogP contribution >= 0.6 is 0 Å². The van der Waals surface area contributed by atoms with Gasteiger partial charge in [-0.3, -0.25) is 0 Å². The van der Waals surface area contributed by atoms with Crippen LogP contribution in [0.15, 0.2) is 24.3 Å². The summed E-state index contributed by atoms with van der Waals surface area (Å²) in [6, 6.07) is 7.17. The Hall–Kier alpha value is -1.79. The number of carbonyl (C=O) groups excluding carboxylic acids is 1. The fourth-order valence-electron chi connectivity index (χ4n) is 1.41. The first-order chi connectivity index (χ1) is 8.17. The lowest BCUT2D eigenvalue weighted by Crippen LogP contribution is -2.14. The van der Waals surface area contributed by atoms with Crippen molar-refractivity contribution < 1.29 is 14.3 Å². The van der Waals surface area contributed by atoms with Gasteiger partial charge in [-0.15, -0.1) is 12.3 Å². The molecule has 0 amide bonds. The van der Waals surface area contributed by atoms with Gasteiger partial charge in [0.15, 0.2) is 0 Å². The molecule has 0 aliphatic rings. The molecule has 0 N–H and O–H groups in total. The summed E-state index contributed by atoms with van der Waals surface area (Å²) >= 11 is 0. The van der Waals surface area contributed by atoms with Crippen LogP contribution in [0.4, 0.5) is 0 Å². The third kappa shape index (κ3) is 4.29. The molecule has 3 heteroatoms. The molecule has 3 nitrogen and oxygen atoms in total. The molecule has 0 heterocycles. The van der Waals surface area contributed by atoms with Crippen LogP contribution in [0.25, 0.3) is 0 Å². The van der Waals surface area contributed by atoms with Crippen LogP contribution < -0.4 is 0 Å². The van der Waals surface area contributed by atoms with Crippen LogP contribution in [0.2, 0.25) is 0 Å². The molecule has 1 atom stereocenters. The monoisotopic (exact) mass is 232 g/mol. The molecule has 0 radical (unpaired) electrons. The van der Waals surface area contributed by atoms with Crippen molar-refractivity contribution in [2.45, 2.75) is 26.1 Å². The SMILES string of the molecule is C#CCC(C)OC(=O)c1cccc(COC)c1. The van der Waals surface area contributed by atoms with Crippen LogP contribution in [0.1, 0.15) is 29.3 Å². The number of benzene rings is 1. The lowest BCUT2D eigenvalue weighted by Gasteiger charge is -2.10. The number of rotatable bonds is 5. The molecule has 90 valence electrons. The third-order valence-electron chi connectivity index (χ3n) is 2.19. The molecule has 1 aromatic carbocycles. The molecule has 0 bridgehead atoms. The summed E-state index contributed by atoms with van der Waals surface area (Å²) in [4.78, 5) is 11.8. The fourth-order valence-corrected chi connectivity index (χ4v) is 1.41. The largest absolute Gasteiger partial charge is 0.458 e. The van der Waals surface area contributed by atoms with Crippen molar-refractivity contribution in [1.82, 2.24) is 0 Å². The van der Waals surface area contributed by atoms with Crippen molar-refractivity contribution >= 4 is 5.97 Å². The van der Waals surface area contributed by atoms with E-state index in [-0.39, 0.29) is 12.1 Å². The zero-order valence-corrected chi connectivity index (χ0v) is 10.1. The summed E-state index contributed by atoms with van der Waals surface area (Å²) in [6.07, 6.45) is 5.30. The smallest absolute Gasteiger partial charge is 0.338 e. The zero-order chi connectivity index (χ0) is 12.7. The van der Waals surface area contributed by atoms with E-state index < -0.39 is 0 Å². The maximum absolute atomic E-state index is 11.8. The van der Waals surface area contributed by atoms with Gasteiger partial charge in [0.05, 0.1) is 12.2 Å². The van der Waals surface area contributed by atoms with Gasteiger partial charge >= 0.3 is 5.97 Å². The van der Waals surface area contributed by atoms with Crippen LogP contribution in [0.3, 0.4) is 0 Å². The lowest BCUT2D eigenvalue weighted by atomic mass is 10.1. The van der Waals surface area contributed by atoms with Crippen molar-refractivity contribution in [2.24, 2.45) is 0 Å². The Morgan fingerprint density at radius 1 is 1.53 bits per heavy atom. The lowest BCUT2D eigenvalue weighted by molar-refractivity contribution is 0.0352. The van der Waals surface area contributed by atoms with Gasteiger partial charge in [0.25, 0.3) is 0 Å². The molecule has 0 saturated heterocycles. The van der Waals surface area contributed by atoms with Crippen LogP contribution in [0, 0.1) is 12.3 Å². The molecule has 0 aromatic heterocycles. The average molecular weight is 232 g/mol. The maximum atomic E-state index is 11.8. The minimum atomic E-state index is -0.356. The van der Waals surface area contributed by atoms with Gasteiger partial charge in [0.2, 0.25) is 0 Å². The number of terminal acetylenes is 1. The van der Waals surface area contributed by atoms with Crippen LogP contribution in [-0.4, -0.2) is 19.2 Å². The molecule has 1 rings (SSSR count). The molecule has 0 spiro atoms. The molecule has 17 heavy (non-hydrogen) atoms.